The predicted molar refractivity (Wildman–Crippen MR) is 60.1 cm³/mol. The quantitative estimate of drug-likeness (QED) is 0.461. The molecule has 0 amide bonds. The number of rotatable bonds is 6. The van der Waals surface area contributed by atoms with Crippen molar-refractivity contribution in [3.05, 3.63) is 23.9 Å². The van der Waals surface area contributed by atoms with Gasteiger partial charge in [-0.1, -0.05) is 6.92 Å². The van der Waals surface area contributed by atoms with Gasteiger partial charge in [0.05, 0.1) is 6.61 Å². The summed E-state index contributed by atoms with van der Waals surface area (Å²) >= 11 is 0. The Morgan fingerprint density at radius 2 is 2.40 bits per heavy atom. The van der Waals surface area contributed by atoms with Crippen LogP contribution >= 0.6 is 0 Å². The minimum Gasteiger partial charge on any atom is -0.395 e. The minimum atomic E-state index is 0.181. The number of nitrogens with one attached hydrogen (secondary N) is 1. The predicted octanol–water partition coefficient (Wildman–Crippen LogP) is 0.181. The maximum absolute atomic E-state index is 8.86. The second-order valence-electron chi connectivity index (χ2n) is 3.29. The first-order valence-corrected chi connectivity index (χ1v) is 5.05. The minimum absolute atomic E-state index is 0.181. The summed E-state index contributed by atoms with van der Waals surface area (Å²) in [4.78, 5) is 6.18. The molecule has 0 aliphatic rings. The van der Waals surface area contributed by atoms with Gasteiger partial charge in [-0.05, 0) is 24.2 Å². The van der Waals surface area contributed by atoms with Crippen molar-refractivity contribution in [1.82, 2.24) is 9.88 Å². The molecule has 1 heterocycles. The molecule has 5 nitrogen and oxygen atoms in total. The Morgan fingerprint density at radius 1 is 1.60 bits per heavy atom. The highest BCUT2D eigenvalue weighted by Gasteiger charge is 2.03. The first-order valence-electron chi connectivity index (χ1n) is 5.05. The van der Waals surface area contributed by atoms with Crippen LogP contribution in [0.3, 0.4) is 0 Å². The summed E-state index contributed by atoms with van der Waals surface area (Å²) in [6, 6.07) is 3.85. The highest BCUT2D eigenvalue weighted by atomic mass is 16.3. The Kier molecular flexibility index (Phi) is 5.03. The van der Waals surface area contributed by atoms with Gasteiger partial charge in [0.15, 0.2) is 0 Å². The van der Waals surface area contributed by atoms with Gasteiger partial charge in [0, 0.05) is 19.3 Å². The van der Waals surface area contributed by atoms with Crippen LogP contribution in [-0.2, 0) is 6.54 Å². The van der Waals surface area contributed by atoms with E-state index in [2.05, 4.69) is 22.2 Å². The average Bonchev–Trinajstić information content (AvgIpc) is 2.29. The van der Waals surface area contributed by atoms with Crippen LogP contribution < -0.4 is 11.3 Å². The molecule has 0 fully saturated rings. The van der Waals surface area contributed by atoms with Gasteiger partial charge >= 0.3 is 0 Å². The van der Waals surface area contributed by atoms with Crippen molar-refractivity contribution in [2.75, 3.05) is 25.1 Å². The van der Waals surface area contributed by atoms with Crippen molar-refractivity contribution < 1.29 is 5.11 Å². The molecule has 0 aromatic carbocycles. The Bertz CT molecular complexity index is 293. The molecule has 0 atom stereocenters. The van der Waals surface area contributed by atoms with Crippen molar-refractivity contribution in [3.63, 3.8) is 0 Å². The van der Waals surface area contributed by atoms with Gasteiger partial charge in [0.1, 0.15) is 5.82 Å². The lowest BCUT2D eigenvalue weighted by atomic mass is 10.2. The van der Waals surface area contributed by atoms with E-state index in [0.717, 1.165) is 18.7 Å². The van der Waals surface area contributed by atoms with Gasteiger partial charge in [-0.25, -0.2) is 10.8 Å². The maximum atomic E-state index is 8.86. The molecule has 0 saturated heterocycles. The van der Waals surface area contributed by atoms with Crippen molar-refractivity contribution >= 4 is 5.82 Å². The van der Waals surface area contributed by atoms with E-state index in [1.54, 1.807) is 6.20 Å². The average molecular weight is 210 g/mol. The number of likely N-dealkylation sites (N-methyl/N-ethyl adjacent to an activating group) is 1. The molecule has 1 aromatic heterocycles. The van der Waals surface area contributed by atoms with Crippen LogP contribution in [0.15, 0.2) is 18.3 Å². The topological polar surface area (TPSA) is 74.4 Å². The standard InChI is InChI=1S/C10H18N4O/c1-2-14(5-6-15)8-9-3-4-12-10(7-9)13-11/h3-4,7,15H,2,5-6,8,11H2,1H3,(H,12,13). The summed E-state index contributed by atoms with van der Waals surface area (Å²) in [5.41, 5.74) is 3.64. The Morgan fingerprint density at radius 3 is 3.00 bits per heavy atom. The van der Waals surface area contributed by atoms with Crippen LogP contribution in [0.25, 0.3) is 0 Å². The van der Waals surface area contributed by atoms with Crippen molar-refractivity contribution in [2.24, 2.45) is 5.84 Å². The largest absolute Gasteiger partial charge is 0.395 e. The summed E-state index contributed by atoms with van der Waals surface area (Å²) < 4.78 is 0. The fourth-order valence-corrected chi connectivity index (χ4v) is 1.40. The van der Waals surface area contributed by atoms with Crippen LogP contribution in [0.5, 0.6) is 0 Å². The Balaban J connectivity index is 2.61. The van der Waals surface area contributed by atoms with E-state index in [0.29, 0.717) is 12.4 Å². The van der Waals surface area contributed by atoms with Crippen molar-refractivity contribution in [1.29, 1.82) is 0 Å². The summed E-state index contributed by atoms with van der Waals surface area (Å²) in [6.45, 7) is 4.65. The van der Waals surface area contributed by atoms with Crippen LogP contribution in [0.1, 0.15) is 12.5 Å². The van der Waals surface area contributed by atoms with Gasteiger partial charge in [-0.15, -0.1) is 0 Å². The number of nitrogens with two attached hydrogens (primary N) is 1. The molecule has 0 aliphatic heterocycles. The first kappa shape index (κ1) is 11.9. The van der Waals surface area contributed by atoms with E-state index < -0.39 is 0 Å². The van der Waals surface area contributed by atoms with Gasteiger partial charge in [0.25, 0.3) is 0 Å². The molecule has 0 spiro atoms. The lowest BCUT2D eigenvalue weighted by Crippen LogP contribution is -2.26. The molecule has 15 heavy (non-hydrogen) atoms. The van der Waals surface area contributed by atoms with E-state index in [1.165, 1.54) is 0 Å². The molecule has 0 aliphatic carbocycles. The SMILES string of the molecule is CCN(CCO)Cc1ccnc(NN)c1. The molecule has 0 bridgehead atoms. The molecule has 1 rings (SSSR count). The number of aliphatic hydroxyl groups is 1. The second kappa shape index (κ2) is 6.34. The zero-order chi connectivity index (χ0) is 11.1. The summed E-state index contributed by atoms with van der Waals surface area (Å²) in [6.07, 6.45) is 1.72. The molecule has 84 valence electrons. The molecular formula is C10H18N4O. The van der Waals surface area contributed by atoms with E-state index >= 15 is 0 Å². The third-order valence-corrected chi connectivity index (χ3v) is 2.24. The highest BCUT2D eigenvalue weighted by Crippen LogP contribution is 2.08. The molecular weight excluding hydrogens is 192 g/mol. The van der Waals surface area contributed by atoms with E-state index in [-0.39, 0.29) is 6.61 Å². The van der Waals surface area contributed by atoms with E-state index in [1.807, 2.05) is 12.1 Å². The monoisotopic (exact) mass is 210 g/mol. The van der Waals surface area contributed by atoms with Crippen LogP contribution in [0, 0.1) is 0 Å². The van der Waals surface area contributed by atoms with Crippen LogP contribution in [0.4, 0.5) is 5.82 Å². The molecule has 4 N–H and O–H groups in total. The van der Waals surface area contributed by atoms with Gasteiger partial charge < -0.3 is 10.5 Å². The summed E-state index contributed by atoms with van der Waals surface area (Å²) in [5, 5.41) is 8.86. The number of hydrazine groups is 1. The zero-order valence-electron chi connectivity index (χ0n) is 8.98. The second-order valence-corrected chi connectivity index (χ2v) is 3.29. The molecule has 0 unspecified atom stereocenters. The number of hydrogen-bond donors (Lipinski definition) is 3. The number of aromatic nitrogens is 1. The fourth-order valence-electron chi connectivity index (χ4n) is 1.40. The Labute approximate surface area is 89.9 Å². The first-order chi connectivity index (χ1) is 7.30. The number of pyridine rings is 1. The van der Waals surface area contributed by atoms with Gasteiger partial charge in [0.2, 0.25) is 0 Å². The maximum Gasteiger partial charge on any atom is 0.140 e. The van der Waals surface area contributed by atoms with Crippen molar-refractivity contribution in [3.8, 4) is 0 Å². The Hall–Kier alpha value is -1.17. The highest BCUT2D eigenvalue weighted by molar-refractivity contribution is 5.35. The third kappa shape index (κ3) is 3.83. The number of aliphatic hydroxyl groups excluding tert-OH is 1. The smallest absolute Gasteiger partial charge is 0.140 e. The number of anilines is 1. The number of nitrogens with zero attached hydrogens (tertiary/aromatic N) is 2. The van der Waals surface area contributed by atoms with Gasteiger partial charge in [-0.3, -0.25) is 4.90 Å². The lowest BCUT2D eigenvalue weighted by Gasteiger charge is -2.19. The normalized spacial score (nSPS) is 10.7. The van der Waals surface area contributed by atoms with Gasteiger partial charge in [-0.2, -0.15) is 0 Å². The third-order valence-electron chi connectivity index (χ3n) is 2.24. The summed E-state index contributed by atoms with van der Waals surface area (Å²) in [5.74, 6) is 5.93. The number of nitrogen functional groups attached to an aromatic ring is 1. The van der Waals surface area contributed by atoms with E-state index in [9.17, 15) is 0 Å². The van der Waals surface area contributed by atoms with Crippen LogP contribution in [0.2, 0.25) is 0 Å². The van der Waals surface area contributed by atoms with E-state index in [4.69, 9.17) is 10.9 Å². The number of hydrogen-bond acceptors (Lipinski definition) is 5. The molecule has 0 saturated carbocycles. The fraction of sp³-hybridized carbons (Fsp3) is 0.500. The lowest BCUT2D eigenvalue weighted by molar-refractivity contribution is 0.197. The zero-order valence-corrected chi connectivity index (χ0v) is 8.98. The van der Waals surface area contributed by atoms with Crippen LogP contribution in [-0.4, -0.2) is 34.7 Å². The molecule has 1 aromatic rings. The molecule has 5 heteroatoms. The molecule has 0 radical (unpaired) electrons. The summed E-state index contributed by atoms with van der Waals surface area (Å²) in [7, 11) is 0. The van der Waals surface area contributed by atoms with Crippen molar-refractivity contribution in [2.45, 2.75) is 13.5 Å².